The fourth-order valence-corrected chi connectivity index (χ4v) is 3.63. The van der Waals surface area contributed by atoms with Crippen molar-refractivity contribution in [2.45, 2.75) is 45.8 Å². The van der Waals surface area contributed by atoms with Gasteiger partial charge in [-0.25, -0.2) is 0 Å². The third kappa shape index (κ3) is 6.33. The van der Waals surface area contributed by atoms with E-state index in [1.165, 1.54) is 22.3 Å². The second-order valence-corrected chi connectivity index (χ2v) is 7.84. The van der Waals surface area contributed by atoms with Gasteiger partial charge in [0, 0.05) is 38.9 Å². The van der Waals surface area contributed by atoms with Gasteiger partial charge in [0.15, 0.2) is 0 Å². The van der Waals surface area contributed by atoms with Crippen LogP contribution in [0.4, 0.5) is 0 Å². The summed E-state index contributed by atoms with van der Waals surface area (Å²) in [5, 5.41) is 3.53. The molecule has 1 saturated heterocycles. The minimum absolute atomic E-state index is 0.623. The summed E-state index contributed by atoms with van der Waals surface area (Å²) in [6, 6.07) is 15.7. The average molecular weight is 383 g/mol. The van der Waals surface area contributed by atoms with E-state index in [1.807, 2.05) is 6.07 Å². The number of rotatable bonds is 9. The number of nitrogens with zero attached hydrogens (tertiary/aromatic N) is 1. The van der Waals surface area contributed by atoms with Crippen LogP contribution >= 0.6 is 0 Å². The maximum Gasteiger partial charge on any atom is 0.119 e. The molecule has 0 atom stereocenters. The number of likely N-dealkylation sites (N-methyl/N-ethyl adjacent to an activating group) is 1. The summed E-state index contributed by atoms with van der Waals surface area (Å²) in [5.41, 5.74) is 5.27. The van der Waals surface area contributed by atoms with Crippen molar-refractivity contribution in [1.29, 1.82) is 0 Å². The Morgan fingerprint density at radius 2 is 1.75 bits per heavy atom. The third-order valence-corrected chi connectivity index (χ3v) is 5.65. The molecule has 0 amide bonds. The number of ether oxygens (including phenoxy) is 2. The van der Waals surface area contributed by atoms with E-state index >= 15 is 0 Å². The highest BCUT2D eigenvalue weighted by atomic mass is 16.5. The van der Waals surface area contributed by atoms with E-state index in [9.17, 15) is 0 Å². The van der Waals surface area contributed by atoms with Crippen molar-refractivity contribution in [1.82, 2.24) is 10.2 Å². The lowest BCUT2D eigenvalue weighted by atomic mass is 10.1. The summed E-state index contributed by atoms with van der Waals surface area (Å²) in [7, 11) is 2.19. The monoisotopic (exact) mass is 382 g/mol. The van der Waals surface area contributed by atoms with E-state index in [2.05, 4.69) is 67.5 Å². The predicted molar refractivity (Wildman–Crippen MR) is 115 cm³/mol. The van der Waals surface area contributed by atoms with E-state index in [4.69, 9.17) is 9.47 Å². The van der Waals surface area contributed by atoms with Crippen molar-refractivity contribution in [3.05, 3.63) is 64.7 Å². The molecule has 1 heterocycles. The number of aryl methyl sites for hydroxylation is 2. The van der Waals surface area contributed by atoms with E-state index in [-0.39, 0.29) is 0 Å². The van der Waals surface area contributed by atoms with E-state index in [0.29, 0.717) is 12.6 Å². The van der Waals surface area contributed by atoms with Gasteiger partial charge in [0.25, 0.3) is 0 Å². The molecular formula is C24H34N2O2. The maximum atomic E-state index is 6.00. The molecule has 3 rings (SSSR count). The Balaban J connectivity index is 1.41. The van der Waals surface area contributed by atoms with Gasteiger partial charge in [-0.3, -0.25) is 4.90 Å². The van der Waals surface area contributed by atoms with Gasteiger partial charge in [0.2, 0.25) is 0 Å². The van der Waals surface area contributed by atoms with Crippen molar-refractivity contribution in [2.24, 2.45) is 0 Å². The van der Waals surface area contributed by atoms with Gasteiger partial charge in [-0.2, -0.15) is 0 Å². The quantitative estimate of drug-likeness (QED) is 0.708. The molecular weight excluding hydrogens is 348 g/mol. The molecule has 0 bridgehead atoms. The molecule has 0 saturated carbocycles. The van der Waals surface area contributed by atoms with Crippen LogP contribution in [0.5, 0.6) is 5.75 Å². The zero-order chi connectivity index (χ0) is 19.8. The van der Waals surface area contributed by atoms with Gasteiger partial charge in [-0.1, -0.05) is 30.3 Å². The van der Waals surface area contributed by atoms with Crippen molar-refractivity contribution in [3.8, 4) is 5.75 Å². The van der Waals surface area contributed by atoms with Crippen LogP contribution in [-0.2, 0) is 17.8 Å². The molecule has 2 aromatic carbocycles. The summed E-state index contributed by atoms with van der Waals surface area (Å²) < 4.78 is 11.4. The zero-order valence-corrected chi connectivity index (χ0v) is 17.5. The van der Waals surface area contributed by atoms with Gasteiger partial charge >= 0.3 is 0 Å². The van der Waals surface area contributed by atoms with Crippen LogP contribution in [0.3, 0.4) is 0 Å². The van der Waals surface area contributed by atoms with Gasteiger partial charge in [0.05, 0.1) is 0 Å². The average Bonchev–Trinajstić information content (AvgIpc) is 2.71. The molecule has 4 heteroatoms. The molecule has 1 fully saturated rings. The van der Waals surface area contributed by atoms with Crippen molar-refractivity contribution in [3.63, 3.8) is 0 Å². The van der Waals surface area contributed by atoms with Gasteiger partial charge in [-0.15, -0.1) is 0 Å². The lowest BCUT2D eigenvalue weighted by molar-refractivity contribution is 0.0392. The minimum Gasteiger partial charge on any atom is -0.492 e. The summed E-state index contributed by atoms with van der Waals surface area (Å²) >= 11 is 0. The van der Waals surface area contributed by atoms with Crippen LogP contribution in [0.25, 0.3) is 0 Å². The number of benzene rings is 2. The highest BCUT2D eigenvalue weighted by Crippen LogP contribution is 2.16. The molecule has 28 heavy (non-hydrogen) atoms. The molecule has 4 nitrogen and oxygen atoms in total. The van der Waals surface area contributed by atoms with E-state index in [0.717, 1.165) is 51.4 Å². The van der Waals surface area contributed by atoms with Gasteiger partial charge in [-0.05, 0) is 68.1 Å². The Labute approximate surface area is 169 Å². The van der Waals surface area contributed by atoms with Crippen molar-refractivity contribution < 1.29 is 9.47 Å². The van der Waals surface area contributed by atoms with E-state index in [1.54, 1.807) is 0 Å². The third-order valence-electron chi connectivity index (χ3n) is 5.65. The molecule has 152 valence electrons. The topological polar surface area (TPSA) is 33.7 Å². The Kier molecular flexibility index (Phi) is 7.90. The first-order chi connectivity index (χ1) is 13.6. The first-order valence-corrected chi connectivity index (χ1v) is 10.4. The SMILES string of the molecule is Cc1ccc(CNCc2cccc(OCCN(C)C3CCOCC3)c2)cc1C. The Morgan fingerprint density at radius 1 is 1.00 bits per heavy atom. The van der Waals surface area contributed by atoms with E-state index < -0.39 is 0 Å². The highest BCUT2D eigenvalue weighted by Gasteiger charge is 2.17. The van der Waals surface area contributed by atoms with Crippen LogP contribution in [-0.4, -0.2) is 44.4 Å². The number of nitrogens with one attached hydrogen (secondary N) is 1. The first kappa shape index (κ1) is 20.8. The lowest BCUT2D eigenvalue weighted by Crippen LogP contribution is -2.38. The van der Waals surface area contributed by atoms with Gasteiger partial charge < -0.3 is 14.8 Å². The smallest absolute Gasteiger partial charge is 0.119 e. The Bertz CT molecular complexity index is 741. The molecule has 0 aliphatic carbocycles. The summed E-state index contributed by atoms with van der Waals surface area (Å²) in [4.78, 5) is 2.40. The summed E-state index contributed by atoms with van der Waals surface area (Å²) in [6.07, 6.45) is 2.25. The summed E-state index contributed by atoms with van der Waals surface area (Å²) in [5.74, 6) is 0.950. The van der Waals surface area contributed by atoms with Crippen LogP contribution in [0.2, 0.25) is 0 Å². The van der Waals surface area contributed by atoms with Crippen molar-refractivity contribution >= 4 is 0 Å². The second-order valence-electron chi connectivity index (χ2n) is 7.84. The summed E-state index contributed by atoms with van der Waals surface area (Å²) in [6.45, 7) is 9.46. The highest BCUT2D eigenvalue weighted by molar-refractivity contribution is 5.30. The molecule has 0 unspecified atom stereocenters. The predicted octanol–water partition coefficient (Wildman–Crippen LogP) is 4.08. The lowest BCUT2D eigenvalue weighted by Gasteiger charge is -2.31. The van der Waals surface area contributed by atoms with Crippen molar-refractivity contribution in [2.75, 3.05) is 33.4 Å². The standard InChI is InChI=1S/C24H34N2O2/c1-19-7-8-22(15-20(19)2)18-25-17-21-5-4-6-24(16-21)28-14-11-26(3)23-9-12-27-13-10-23/h4-8,15-16,23,25H,9-14,17-18H2,1-3H3. The molecule has 0 spiro atoms. The number of hydrogen-bond acceptors (Lipinski definition) is 4. The van der Waals surface area contributed by atoms with Crippen LogP contribution in [0.15, 0.2) is 42.5 Å². The molecule has 1 aliphatic rings. The normalized spacial score (nSPS) is 15.1. The zero-order valence-electron chi connectivity index (χ0n) is 17.5. The fraction of sp³-hybridized carbons (Fsp3) is 0.500. The second kappa shape index (κ2) is 10.6. The number of hydrogen-bond donors (Lipinski definition) is 1. The Morgan fingerprint density at radius 3 is 2.50 bits per heavy atom. The van der Waals surface area contributed by atoms with Crippen LogP contribution in [0, 0.1) is 13.8 Å². The Hall–Kier alpha value is -1.88. The molecule has 1 N–H and O–H groups in total. The molecule has 1 aliphatic heterocycles. The van der Waals surface area contributed by atoms with Gasteiger partial charge in [0.1, 0.15) is 12.4 Å². The largest absolute Gasteiger partial charge is 0.492 e. The molecule has 2 aromatic rings. The van der Waals surface area contributed by atoms with Crippen LogP contribution in [0.1, 0.15) is 35.1 Å². The molecule has 0 aromatic heterocycles. The van der Waals surface area contributed by atoms with Crippen LogP contribution < -0.4 is 10.1 Å². The molecule has 0 radical (unpaired) electrons. The fourth-order valence-electron chi connectivity index (χ4n) is 3.63. The maximum absolute atomic E-state index is 6.00. The minimum atomic E-state index is 0.623. The first-order valence-electron chi connectivity index (χ1n) is 10.4.